The second kappa shape index (κ2) is 5.46. The maximum absolute atomic E-state index is 4.22. The van der Waals surface area contributed by atoms with E-state index < -0.39 is 0 Å². The van der Waals surface area contributed by atoms with E-state index in [0.717, 1.165) is 15.4 Å². The SMILES string of the molecule is Cc1cccc(CSc2ncc(Br)cn2)c1. The van der Waals surface area contributed by atoms with E-state index in [1.54, 1.807) is 24.2 Å². The zero-order valence-corrected chi connectivity index (χ0v) is 11.3. The third-order valence-corrected chi connectivity index (χ3v) is 3.40. The van der Waals surface area contributed by atoms with Gasteiger partial charge in [-0.15, -0.1) is 0 Å². The number of hydrogen-bond donors (Lipinski definition) is 0. The Morgan fingerprint density at radius 1 is 1.25 bits per heavy atom. The van der Waals surface area contributed by atoms with Crippen LogP contribution in [0.1, 0.15) is 11.1 Å². The predicted molar refractivity (Wildman–Crippen MR) is 70.5 cm³/mol. The first-order valence-electron chi connectivity index (χ1n) is 4.90. The van der Waals surface area contributed by atoms with Gasteiger partial charge in [0, 0.05) is 18.1 Å². The van der Waals surface area contributed by atoms with E-state index in [9.17, 15) is 0 Å². The summed E-state index contributed by atoms with van der Waals surface area (Å²) in [6.45, 7) is 2.10. The highest BCUT2D eigenvalue weighted by Crippen LogP contribution is 2.20. The molecule has 0 unspecified atom stereocenters. The summed E-state index contributed by atoms with van der Waals surface area (Å²) in [5, 5.41) is 0.810. The van der Waals surface area contributed by atoms with Gasteiger partial charge in [0.05, 0.1) is 4.47 Å². The molecule has 2 nitrogen and oxygen atoms in total. The molecular formula is C12H11BrN2S. The van der Waals surface area contributed by atoms with E-state index in [0.29, 0.717) is 0 Å². The van der Waals surface area contributed by atoms with Crippen molar-refractivity contribution in [1.82, 2.24) is 9.97 Å². The monoisotopic (exact) mass is 294 g/mol. The number of benzene rings is 1. The Kier molecular flexibility index (Phi) is 3.96. The van der Waals surface area contributed by atoms with Crippen molar-refractivity contribution in [1.29, 1.82) is 0 Å². The molecule has 4 heteroatoms. The largest absolute Gasteiger partial charge is 0.230 e. The smallest absolute Gasteiger partial charge is 0.187 e. The van der Waals surface area contributed by atoms with Crippen LogP contribution in [0.25, 0.3) is 0 Å². The average molecular weight is 295 g/mol. The summed E-state index contributed by atoms with van der Waals surface area (Å²) in [4.78, 5) is 8.44. The first kappa shape index (κ1) is 11.6. The Morgan fingerprint density at radius 3 is 2.69 bits per heavy atom. The fraction of sp³-hybridized carbons (Fsp3) is 0.167. The topological polar surface area (TPSA) is 25.8 Å². The molecule has 0 radical (unpaired) electrons. The molecule has 0 spiro atoms. The van der Waals surface area contributed by atoms with Crippen LogP contribution in [0.15, 0.2) is 46.3 Å². The molecule has 0 N–H and O–H groups in total. The number of halogens is 1. The minimum atomic E-state index is 0.810. The van der Waals surface area contributed by atoms with Gasteiger partial charge in [0.25, 0.3) is 0 Å². The van der Waals surface area contributed by atoms with Crippen LogP contribution in [-0.4, -0.2) is 9.97 Å². The minimum absolute atomic E-state index is 0.810. The van der Waals surface area contributed by atoms with Gasteiger partial charge in [-0.05, 0) is 28.4 Å². The Labute approximate surface area is 108 Å². The number of hydrogen-bond acceptors (Lipinski definition) is 3. The summed E-state index contributed by atoms with van der Waals surface area (Å²) in [5.74, 6) is 0.906. The number of aromatic nitrogens is 2. The lowest BCUT2D eigenvalue weighted by Gasteiger charge is -2.01. The molecule has 0 saturated heterocycles. The summed E-state index contributed by atoms with van der Waals surface area (Å²) in [7, 11) is 0. The van der Waals surface area contributed by atoms with Crippen molar-refractivity contribution in [3.8, 4) is 0 Å². The van der Waals surface area contributed by atoms with E-state index in [-0.39, 0.29) is 0 Å². The fourth-order valence-electron chi connectivity index (χ4n) is 1.32. The van der Waals surface area contributed by atoms with E-state index in [4.69, 9.17) is 0 Å². The van der Waals surface area contributed by atoms with Crippen molar-refractivity contribution in [3.05, 3.63) is 52.3 Å². The van der Waals surface area contributed by atoms with Crippen molar-refractivity contribution in [3.63, 3.8) is 0 Å². The second-order valence-corrected chi connectivity index (χ2v) is 5.32. The van der Waals surface area contributed by atoms with E-state index >= 15 is 0 Å². The molecule has 0 aliphatic heterocycles. The van der Waals surface area contributed by atoms with Gasteiger partial charge in [-0.1, -0.05) is 41.6 Å². The van der Waals surface area contributed by atoms with E-state index in [1.165, 1.54) is 11.1 Å². The molecule has 0 atom stereocenters. The van der Waals surface area contributed by atoms with Crippen LogP contribution < -0.4 is 0 Å². The van der Waals surface area contributed by atoms with Crippen LogP contribution in [0.3, 0.4) is 0 Å². The van der Waals surface area contributed by atoms with Gasteiger partial charge in [-0.3, -0.25) is 0 Å². The zero-order chi connectivity index (χ0) is 11.4. The molecule has 82 valence electrons. The van der Waals surface area contributed by atoms with Crippen molar-refractivity contribution >= 4 is 27.7 Å². The van der Waals surface area contributed by atoms with Crippen LogP contribution in [-0.2, 0) is 5.75 Å². The van der Waals surface area contributed by atoms with E-state index in [1.807, 2.05) is 0 Å². The molecule has 0 bridgehead atoms. The highest BCUT2D eigenvalue weighted by Gasteiger charge is 1.99. The number of nitrogens with zero attached hydrogens (tertiary/aromatic N) is 2. The van der Waals surface area contributed by atoms with Crippen LogP contribution in [0.4, 0.5) is 0 Å². The maximum atomic E-state index is 4.22. The number of thioether (sulfide) groups is 1. The van der Waals surface area contributed by atoms with Gasteiger partial charge in [-0.2, -0.15) is 0 Å². The third-order valence-electron chi connectivity index (χ3n) is 2.05. The highest BCUT2D eigenvalue weighted by molar-refractivity contribution is 9.10. The van der Waals surface area contributed by atoms with Crippen molar-refractivity contribution < 1.29 is 0 Å². The van der Waals surface area contributed by atoms with Gasteiger partial charge in [-0.25, -0.2) is 9.97 Å². The van der Waals surface area contributed by atoms with Crippen LogP contribution >= 0.6 is 27.7 Å². The molecule has 0 amide bonds. The van der Waals surface area contributed by atoms with Crippen LogP contribution in [0.5, 0.6) is 0 Å². The highest BCUT2D eigenvalue weighted by atomic mass is 79.9. The Bertz CT molecular complexity index is 471. The van der Waals surface area contributed by atoms with Gasteiger partial charge < -0.3 is 0 Å². The summed E-state index contributed by atoms with van der Waals surface area (Å²) >= 11 is 4.96. The van der Waals surface area contributed by atoms with Crippen molar-refractivity contribution in [2.75, 3.05) is 0 Å². The second-order valence-electron chi connectivity index (χ2n) is 3.46. The summed E-state index contributed by atoms with van der Waals surface area (Å²) < 4.78 is 0.910. The lowest BCUT2D eigenvalue weighted by atomic mass is 10.2. The molecule has 1 heterocycles. The quantitative estimate of drug-likeness (QED) is 0.635. The van der Waals surface area contributed by atoms with E-state index in [2.05, 4.69) is 57.1 Å². The fourth-order valence-corrected chi connectivity index (χ4v) is 2.26. The van der Waals surface area contributed by atoms with Gasteiger partial charge in [0.1, 0.15) is 0 Å². The molecule has 1 aromatic carbocycles. The Morgan fingerprint density at radius 2 is 2.00 bits per heavy atom. The lowest BCUT2D eigenvalue weighted by Crippen LogP contribution is -1.87. The molecule has 1 aromatic heterocycles. The average Bonchev–Trinajstić information content (AvgIpc) is 2.28. The normalized spacial score (nSPS) is 10.4. The molecule has 0 aliphatic rings. The molecule has 2 aromatic rings. The molecule has 0 fully saturated rings. The molecule has 16 heavy (non-hydrogen) atoms. The summed E-state index contributed by atoms with van der Waals surface area (Å²) in [6, 6.07) is 8.49. The van der Waals surface area contributed by atoms with Crippen LogP contribution in [0, 0.1) is 6.92 Å². The predicted octanol–water partition coefficient (Wildman–Crippen LogP) is 3.84. The van der Waals surface area contributed by atoms with Crippen LogP contribution in [0.2, 0.25) is 0 Å². The zero-order valence-electron chi connectivity index (χ0n) is 8.85. The maximum Gasteiger partial charge on any atom is 0.187 e. The first-order chi connectivity index (χ1) is 7.74. The van der Waals surface area contributed by atoms with Gasteiger partial charge in [0.15, 0.2) is 5.16 Å². The molecule has 0 aliphatic carbocycles. The third kappa shape index (κ3) is 3.32. The molecular weight excluding hydrogens is 284 g/mol. The van der Waals surface area contributed by atoms with Gasteiger partial charge in [0.2, 0.25) is 0 Å². The Hall–Kier alpha value is -0.870. The standard InChI is InChI=1S/C12H11BrN2S/c1-9-3-2-4-10(5-9)8-16-12-14-6-11(13)7-15-12/h2-7H,8H2,1H3. The Balaban J connectivity index is 1.99. The van der Waals surface area contributed by atoms with Gasteiger partial charge >= 0.3 is 0 Å². The molecule has 0 saturated carbocycles. The summed E-state index contributed by atoms with van der Waals surface area (Å²) in [5.41, 5.74) is 2.59. The number of rotatable bonds is 3. The van der Waals surface area contributed by atoms with Crippen molar-refractivity contribution in [2.24, 2.45) is 0 Å². The lowest BCUT2D eigenvalue weighted by molar-refractivity contribution is 0.957. The first-order valence-corrected chi connectivity index (χ1v) is 6.68. The number of aryl methyl sites for hydroxylation is 1. The van der Waals surface area contributed by atoms with Crippen molar-refractivity contribution in [2.45, 2.75) is 17.8 Å². The summed E-state index contributed by atoms with van der Waals surface area (Å²) in [6.07, 6.45) is 3.54. The molecule has 2 rings (SSSR count). The minimum Gasteiger partial charge on any atom is -0.230 e.